The Morgan fingerprint density at radius 1 is 1.20 bits per heavy atom. The molecule has 134 valence electrons. The third-order valence-electron chi connectivity index (χ3n) is 4.18. The molecule has 0 aliphatic rings. The van der Waals surface area contributed by atoms with Crippen molar-refractivity contribution in [1.29, 1.82) is 0 Å². The number of nitrogens with one attached hydrogen (secondary N) is 1. The third kappa shape index (κ3) is 4.90. The molecule has 0 aliphatic heterocycles. The van der Waals surface area contributed by atoms with Gasteiger partial charge in [0.15, 0.2) is 0 Å². The van der Waals surface area contributed by atoms with Crippen molar-refractivity contribution >= 4 is 23.2 Å². The first-order chi connectivity index (χ1) is 12.1. The molecule has 1 N–H and O–H groups in total. The summed E-state index contributed by atoms with van der Waals surface area (Å²) in [6.07, 6.45) is 0. The fraction of sp³-hybridized carbons (Fsp3) is 0.368. The lowest BCUT2D eigenvalue weighted by atomic mass is 10.1. The molecule has 1 amide bonds. The molecule has 1 aromatic carbocycles. The van der Waals surface area contributed by atoms with Crippen molar-refractivity contribution in [2.45, 2.75) is 19.9 Å². The number of nitrogens with zero attached hydrogens (tertiary/aromatic N) is 1. The zero-order chi connectivity index (χ0) is 18.2. The summed E-state index contributed by atoms with van der Waals surface area (Å²) in [5.41, 5.74) is 2.03. The monoisotopic (exact) mass is 360 g/mol. The van der Waals surface area contributed by atoms with Crippen LogP contribution in [0.4, 0.5) is 0 Å². The van der Waals surface area contributed by atoms with Crippen LogP contribution < -0.4 is 5.32 Å². The molecule has 0 bridgehead atoms. The summed E-state index contributed by atoms with van der Waals surface area (Å²) in [6, 6.07) is 8.79. The first-order valence-corrected chi connectivity index (χ1v) is 9.27. The molecule has 0 saturated carbocycles. The number of carbonyl (C=O) groups is 2. The molecule has 0 saturated heterocycles. The van der Waals surface area contributed by atoms with E-state index in [1.807, 2.05) is 5.38 Å². The van der Waals surface area contributed by atoms with Crippen LogP contribution in [-0.4, -0.2) is 43.5 Å². The molecular formula is C19H24N2O3S. The lowest BCUT2D eigenvalue weighted by Gasteiger charge is -2.29. The van der Waals surface area contributed by atoms with Gasteiger partial charge in [-0.05, 0) is 53.7 Å². The van der Waals surface area contributed by atoms with E-state index in [-0.39, 0.29) is 11.9 Å². The Labute approximate surface area is 152 Å². The maximum atomic E-state index is 12.5. The van der Waals surface area contributed by atoms with Gasteiger partial charge < -0.3 is 10.1 Å². The number of esters is 1. The number of benzene rings is 1. The van der Waals surface area contributed by atoms with Crippen molar-refractivity contribution < 1.29 is 14.3 Å². The van der Waals surface area contributed by atoms with Crippen molar-refractivity contribution in [3.05, 3.63) is 57.8 Å². The van der Waals surface area contributed by atoms with E-state index in [2.05, 4.69) is 35.5 Å². The fourth-order valence-corrected chi connectivity index (χ4v) is 3.49. The molecule has 6 heteroatoms. The van der Waals surface area contributed by atoms with E-state index in [9.17, 15) is 9.59 Å². The first kappa shape index (κ1) is 19.1. The average Bonchev–Trinajstić information content (AvgIpc) is 3.18. The molecule has 1 unspecified atom stereocenters. The van der Waals surface area contributed by atoms with Crippen LogP contribution in [0.1, 0.15) is 46.2 Å². The minimum atomic E-state index is -0.450. The summed E-state index contributed by atoms with van der Waals surface area (Å²) in [4.78, 5) is 26.4. The van der Waals surface area contributed by atoms with Crippen LogP contribution in [0.15, 0.2) is 41.1 Å². The lowest BCUT2D eigenvalue weighted by molar-refractivity contribution is 0.0600. The molecule has 1 aromatic heterocycles. The van der Waals surface area contributed by atoms with Crippen molar-refractivity contribution in [1.82, 2.24) is 10.2 Å². The van der Waals surface area contributed by atoms with Crippen LogP contribution >= 0.6 is 11.3 Å². The molecule has 2 rings (SSSR count). The number of ether oxygens (including phenoxy) is 1. The molecule has 0 spiro atoms. The minimum absolute atomic E-state index is 0.133. The maximum absolute atomic E-state index is 12.5. The predicted molar refractivity (Wildman–Crippen MR) is 100 cm³/mol. The molecule has 0 radical (unpaired) electrons. The lowest BCUT2D eigenvalue weighted by Crippen LogP contribution is -2.38. The van der Waals surface area contributed by atoms with Crippen LogP contribution in [0.3, 0.4) is 0 Å². The second kappa shape index (κ2) is 9.34. The van der Waals surface area contributed by atoms with Crippen LogP contribution in [-0.2, 0) is 4.74 Å². The molecule has 1 atom stereocenters. The van der Waals surface area contributed by atoms with Gasteiger partial charge in [-0.15, -0.1) is 0 Å². The Kier molecular flexibility index (Phi) is 7.16. The smallest absolute Gasteiger partial charge is 0.337 e. The number of thiophene rings is 1. The van der Waals surface area contributed by atoms with E-state index in [1.165, 1.54) is 12.7 Å². The van der Waals surface area contributed by atoms with Gasteiger partial charge in [0.25, 0.3) is 5.91 Å². The standard InChI is InChI=1S/C19H24N2O3S/c1-4-21(5-2)17(16-9-10-25-13-16)12-20-18(22)14-7-6-8-15(11-14)19(23)24-3/h6-11,13,17H,4-5,12H2,1-3H3,(H,20,22). The van der Waals surface area contributed by atoms with E-state index >= 15 is 0 Å². The second-order valence-corrected chi connectivity index (χ2v) is 6.36. The van der Waals surface area contributed by atoms with Gasteiger partial charge >= 0.3 is 5.97 Å². The van der Waals surface area contributed by atoms with Gasteiger partial charge in [0.2, 0.25) is 0 Å². The normalized spacial score (nSPS) is 12.0. The summed E-state index contributed by atoms with van der Waals surface area (Å²) in [5, 5.41) is 7.16. The Hall–Kier alpha value is -2.18. The van der Waals surface area contributed by atoms with Gasteiger partial charge in [-0.1, -0.05) is 19.9 Å². The summed E-state index contributed by atoms with van der Waals surface area (Å²) in [5.74, 6) is -0.646. The van der Waals surface area contributed by atoms with E-state index in [0.717, 1.165) is 13.1 Å². The highest BCUT2D eigenvalue weighted by atomic mass is 32.1. The number of amides is 1. The second-order valence-electron chi connectivity index (χ2n) is 5.58. The van der Waals surface area contributed by atoms with E-state index in [1.54, 1.807) is 35.6 Å². The number of carbonyl (C=O) groups excluding carboxylic acids is 2. The zero-order valence-electron chi connectivity index (χ0n) is 14.8. The summed E-state index contributed by atoms with van der Waals surface area (Å²) >= 11 is 1.65. The number of hydrogen-bond donors (Lipinski definition) is 1. The summed E-state index contributed by atoms with van der Waals surface area (Å²) in [7, 11) is 1.32. The van der Waals surface area contributed by atoms with E-state index in [4.69, 9.17) is 4.74 Å². The molecule has 25 heavy (non-hydrogen) atoms. The highest BCUT2D eigenvalue weighted by Crippen LogP contribution is 2.22. The minimum Gasteiger partial charge on any atom is -0.465 e. The van der Waals surface area contributed by atoms with Crippen molar-refractivity contribution in [2.75, 3.05) is 26.7 Å². The SMILES string of the molecule is CCN(CC)C(CNC(=O)c1cccc(C(=O)OC)c1)c1ccsc1. The van der Waals surface area contributed by atoms with Gasteiger partial charge in [-0.3, -0.25) is 9.69 Å². The van der Waals surface area contributed by atoms with Crippen LogP contribution in [0.5, 0.6) is 0 Å². The van der Waals surface area contributed by atoms with Gasteiger partial charge in [0.05, 0.1) is 18.7 Å². The Morgan fingerprint density at radius 3 is 2.52 bits per heavy atom. The highest BCUT2D eigenvalue weighted by Gasteiger charge is 2.20. The molecule has 0 fully saturated rings. The van der Waals surface area contributed by atoms with Crippen LogP contribution in [0.2, 0.25) is 0 Å². The maximum Gasteiger partial charge on any atom is 0.337 e. The molecule has 5 nitrogen and oxygen atoms in total. The van der Waals surface area contributed by atoms with Gasteiger partial charge in [0.1, 0.15) is 0 Å². The Bertz CT molecular complexity index is 696. The number of likely N-dealkylation sites (N-methyl/N-ethyl adjacent to an activating group) is 1. The van der Waals surface area contributed by atoms with Crippen molar-refractivity contribution in [3.63, 3.8) is 0 Å². The average molecular weight is 360 g/mol. The number of hydrogen-bond acceptors (Lipinski definition) is 5. The first-order valence-electron chi connectivity index (χ1n) is 8.33. The van der Waals surface area contributed by atoms with Crippen LogP contribution in [0, 0.1) is 0 Å². The number of rotatable bonds is 8. The highest BCUT2D eigenvalue weighted by molar-refractivity contribution is 7.07. The summed E-state index contributed by atoms with van der Waals surface area (Å²) in [6.45, 7) is 6.56. The zero-order valence-corrected chi connectivity index (χ0v) is 15.6. The third-order valence-corrected chi connectivity index (χ3v) is 4.88. The van der Waals surface area contributed by atoms with Crippen molar-refractivity contribution in [3.8, 4) is 0 Å². The largest absolute Gasteiger partial charge is 0.465 e. The number of methoxy groups -OCH3 is 1. The topological polar surface area (TPSA) is 58.6 Å². The molecule has 0 aliphatic carbocycles. The predicted octanol–water partition coefficient (Wildman–Crippen LogP) is 3.35. The fourth-order valence-electron chi connectivity index (χ4n) is 2.78. The molecule has 1 heterocycles. The van der Waals surface area contributed by atoms with Gasteiger partial charge in [-0.25, -0.2) is 4.79 Å². The molecule has 2 aromatic rings. The van der Waals surface area contributed by atoms with E-state index in [0.29, 0.717) is 17.7 Å². The van der Waals surface area contributed by atoms with Gasteiger partial charge in [0, 0.05) is 12.1 Å². The Morgan fingerprint density at radius 2 is 1.92 bits per heavy atom. The Balaban J connectivity index is 2.10. The van der Waals surface area contributed by atoms with Gasteiger partial charge in [-0.2, -0.15) is 11.3 Å². The molecular weight excluding hydrogens is 336 g/mol. The quantitative estimate of drug-likeness (QED) is 0.734. The van der Waals surface area contributed by atoms with Crippen LogP contribution in [0.25, 0.3) is 0 Å². The summed E-state index contributed by atoms with van der Waals surface area (Å²) < 4.78 is 4.70. The van der Waals surface area contributed by atoms with Crippen molar-refractivity contribution in [2.24, 2.45) is 0 Å². The van der Waals surface area contributed by atoms with E-state index < -0.39 is 5.97 Å².